The van der Waals surface area contributed by atoms with E-state index in [0.29, 0.717) is 25.9 Å². The zero-order valence-electron chi connectivity index (χ0n) is 12.1. The number of benzene rings is 1. The Labute approximate surface area is 128 Å². The van der Waals surface area contributed by atoms with Crippen molar-refractivity contribution < 1.29 is 14.3 Å². The van der Waals surface area contributed by atoms with Crippen LogP contribution in [0.15, 0.2) is 42.7 Å². The number of hydrogen-bond donors (Lipinski definition) is 1. The Morgan fingerprint density at radius 2 is 2.27 bits per heavy atom. The highest BCUT2D eigenvalue weighted by Crippen LogP contribution is 2.32. The van der Waals surface area contributed by atoms with E-state index >= 15 is 0 Å². The number of aryl methyl sites for hydroxylation is 1. The van der Waals surface area contributed by atoms with E-state index in [-0.39, 0.29) is 17.8 Å². The monoisotopic (exact) mass is 303 g/mol. The molecule has 1 aliphatic rings. The normalized spacial score (nSPS) is 21.3. The number of aromatic nitrogens is 2. The highest BCUT2D eigenvalue weighted by Gasteiger charge is 2.35. The molecule has 2 heterocycles. The molecule has 1 aromatic heterocycles. The maximum absolute atomic E-state index is 13.4. The van der Waals surface area contributed by atoms with Crippen molar-refractivity contribution in [1.82, 2.24) is 14.7 Å². The minimum atomic E-state index is -0.568. The van der Waals surface area contributed by atoms with Crippen molar-refractivity contribution in [2.24, 2.45) is 0 Å². The van der Waals surface area contributed by atoms with Crippen LogP contribution in [0, 0.1) is 5.82 Å². The van der Waals surface area contributed by atoms with Crippen molar-refractivity contribution in [3.05, 3.63) is 54.1 Å². The second-order valence-electron chi connectivity index (χ2n) is 5.53. The number of aliphatic hydroxyl groups excluding tert-OH is 1. The minimum absolute atomic E-state index is 0.0543. The zero-order valence-corrected chi connectivity index (χ0v) is 12.1. The standard InChI is InChI=1S/C16H18FN3O2/c17-13-4-1-3-12(9-13)15-10-14(21)11-20(15)16(22)5-8-19-7-2-6-18-19/h1-4,6-7,9,14-15,21H,5,8,10-11H2/t14-,15+/m0/s1. The Bertz CT molecular complexity index is 645. The van der Waals surface area contributed by atoms with Crippen LogP contribution in [0.4, 0.5) is 4.39 Å². The van der Waals surface area contributed by atoms with Crippen LogP contribution in [-0.2, 0) is 11.3 Å². The van der Waals surface area contributed by atoms with Gasteiger partial charge in [-0.25, -0.2) is 4.39 Å². The van der Waals surface area contributed by atoms with Crippen LogP contribution in [0.3, 0.4) is 0 Å². The fraction of sp³-hybridized carbons (Fsp3) is 0.375. The molecule has 1 saturated heterocycles. The number of aliphatic hydroxyl groups is 1. The third-order valence-corrected chi connectivity index (χ3v) is 3.95. The second kappa shape index (κ2) is 6.27. The quantitative estimate of drug-likeness (QED) is 0.936. The summed E-state index contributed by atoms with van der Waals surface area (Å²) in [6.45, 7) is 0.785. The van der Waals surface area contributed by atoms with Crippen LogP contribution in [0.1, 0.15) is 24.4 Å². The summed E-state index contributed by atoms with van der Waals surface area (Å²) < 4.78 is 15.1. The molecule has 2 aromatic rings. The molecule has 0 unspecified atom stereocenters. The predicted molar refractivity (Wildman–Crippen MR) is 78.3 cm³/mol. The summed E-state index contributed by atoms with van der Waals surface area (Å²) in [6.07, 6.45) is 3.65. The van der Waals surface area contributed by atoms with E-state index in [4.69, 9.17) is 0 Å². The molecule has 1 N–H and O–H groups in total. The molecule has 0 saturated carbocycles. The first-order valence-electron chi connectivity index (χ1n) is 7.34. The van der Waals surface area contributed by atoms with E-state index in [1.54, 1.807) is 40.2 Å². The van der Waals surface area contributed by atoms with Gasteiger partial charge in [-0.3, -0.25) is 9.48 Å². The van der Waals surface area contributed by atoms with Gasteiger partial charge >= 0.3 is 0 Å². The minimum Gasteiger partial charge on any atom is -0.391 e. The van der Waals surface area contributed by atoms with Gasteiger partial charge in [0.2, 0.25) is 5.91 Å². The Morgan fingerprint density at radius 3 is 3.00 bits per heavy atom. The topological polar surface area (TPSA) is 58.4 Å². The average molecular weight is 303 g/mol. The van der Waals surface area contributed by atoms with Crippen LogP contribution in [0.25, 0.3) is 0 Å². The fourth-order valence-corrected chi connectivity index (χ4v) is 2.91. The first-order chi connectivity index (χ1) is 10.6. The maximum Gasteiger partial charge on any atom is 0.225 e. The SMILES string of the molecule is O=C(CCn1cccn1)N1C[C@@H](O)C[C@@H]1c1cccc(F)c1. The number of amides is 1. The van der Waals surface area contributed by atoms with Gasteiger partial charge < -0.3 is 10.0 Å². The van der Waals surface area contributed by atoms with Crippen LogP contribution < -0.4 is 0 Å². The number of β-amino-alcohol motifs (C(OH)–C–C–N with tert-alkyl or cyclic N) is 1. The Morgan fingerprint density at radius 1 is 1.41 bits per heavy atom. The molecule has 1 aliphatic heterocycles. The van der Waals surface area contributed by atoms with E-state index in [1.807, 2.05) is 0 Å². The predicted octanol–water partition coefficient (Wildman–Crippen LogP) is 1.75. The van der Waals surface area contributed by atoms with Crippen LogP contribution in [0.2, 0.25) is 0 Å². The van der Waals surface area contributed by atoms with Crippen LogP contribution >= 0.6 is 0 Å². The summed E-state index contributed by atoms with van der Waals surface area (Å²) in [7, 11) is 0. The number of rotatable bonds is 4. The van der Waals surface area contributed by atoms with Gasteiger partial charge in [-0.15, -0.1) is 0 Å². The van der Waals surface area contributed by atoms with Gasteiger partial charge in [0.1, 0.15) is 5.82 Å². The lowest BCUT2D eigenvalue weighted by atomic mass is 10.0. The number of nitrogens with zero attached hydrogens (tertiary/aromatic N) is 3. The number of hydrogen-bond acceptors (Lipinski definition) is 3. The highest BCUT2D eigenvalue weighted by molar-refractivity contribution is 5.77. The number of carbonyl (C=O) groups excluding carboxylic acids is 1. The molecule has 0 bridgehead atoms. The Balaban J connectivity index is 1.71. The lowest BCUT2D eigenvalue weighted by Crippen LogP contribution is -2.32. The van der Waals surface area contributed by atoms with Crippen LogP contribution in [0.5, 0.6) is 0 Å². The molecule has 3 rings (SSSR count). The molecule has 6 heteroatoms. The molecule has 2 atom stereocenters. The van der Waals surface area contributed by atoms with Gasteiger partial charge in [-0.2, -0.15) is 5.10 Å². The Hall–Kier alpha value is -2.21. The van der Waals surface area contributed by atoms with Crippen molar-refractivity contribution in [1.29, 1.82) is 0 Å². The second-order valence-corrected chi connectivity index (χ2v) is 5.53. The Kier molecular flexibility index (Phi) is 4.20. The maximum atomic E-state index is 13.4. The van der Waals surface area contributed by atoms with E-state index in [2.05, 4.69) is 5.10 Å². The van der Waals surface area contributed by atoms with Crippen LogP contribution in [-0.4, -0.2) is 38.3 Å². The van der Waals surface area contributed by atoms with Gasteiger partial charge in [-0.1, -0.05) is 12.1 Å². The molecule has 0 aliphatic carbocycles. The van der Waals surface area contributed by atoms with E-state index in [9.17, 15) is 14.3 Å². The third-order valence-electron chi connectivity index (χ3n) is 3.95. The lowest BCUT2D eigenvalue weighted by molar-refractivity contribution is -0.132. The van der Waals surface area contributed by atoms with Gasteiger partial charge in [0.25, 0.3) is 0 Å². The number of carbonyl (C=O) groups is 1. The first-order valence-corrected chi connectivity index (χ1v) is 7.34. The molecule has 0 spiro atoms. The van der Waals surface area contributed by atoms with Crippen molar-refractivity contribution in [3.8, 4) is 0 Å². The summed E-state index contributed by atoms with van der Waals surface area (Å²) in [5.74, 6) is -0.385. The molecule has 1 aromatic carbocycles. The summed E-state index contributed by atoms with van der Waals surface area (Å²) in [6, 6.07) is 7.76. The molecule has 116 valence electrons. The smallest absolute Gasteiger partial charge is 0.225 e. The lowest BCUT2D eigenvalue weighted by Gasteiger charge is -2.25. The summed E-state index contributed by atoms with van der Waals surface area (Å²) in [5.41, 5.74) is 0.726. The van der Waals surface area contributed by atoms with Gasteiger partial charge in [0, 0.05) is 31.9 Å². The van der Waals surface area contributed by atoms with Gasteiger partial charge in [-0.05, 0) is 30.2 Å². The molecule has 5 nitrogen and oxygen atoms in total. The van der Waals surface area contributed by atoms with E-state index in [0.717, 1.165) is 5.56 Å². The third kappa shape index (κ3) is 3.17. The molecule has 1 amide bonds. The fourth-order valence-electron chi connectivity index (χ4n) is 2.91. The molecular weight excluding hydrogens is 285 g/mol. The van der Waals surface area contributed by atoms with Crippen molar-refractivity contribution in [3.63, 3.8) is 0 Å². The highest BCUT2D eigenvalue weighted by atomic mass is 19.1. The number of likely N-dealkylation sites (tertiary alicyclic amines) is 1. The van der Waals surface area contributed by atoms with Gasteiger partial charge in [0.15, 0.2) is 0 Å². The largest absolute Gasteiger partial charge is 0.391 e. The van der Waals surface area contributed by atoms with E-state index in [1.165, 1.54) is 12.1 Å². The molecule has 0 radical (unpaired) electrons. The molecule has 1 fully saturated rings. The molecule has 22 heavy (non-hydrogen) atoms. The first kappa shape index (κ1) is 14.7. The molecular formula is C16H18FN3O2. The van der Waals surface area contributed by atoms with Crippen molar-refractivity contribution in [2.75, 3.05) is 6.54 Å². The zero-order chi connectivity index (χ0) is 15.5. The summed E-state index contributed by atoms with van der Waals surface area (Å²) in [4.78, 5) is 14.1. The van der Waals surface area contributed by atoms with Crippen molar-refractivity contribution in [2.45, 2.75) is 31.5 Å². The number of halogens is 1. The average Bonchev–Trinajstić information content (AvgIpc) is 3.14. The summed E-state index contributed by atoms with van der Waals surface area (Å²) in [5, 5.41) is 14.0. The summed E-state index contributed by atoms with van der Waals surface area (Å²) >= 11 is 0. The van der Waals surface area contributed by atoms with E-state index < -0.39 is 6.10 Å². The van der Waals surface area contributed by atoms with Gasteiger partial charge in [0.05, 0.1) is 12.1 Å². The van der Waals surface area contributed by atoms with Crippen molar-refractivity contribution >= 4 is 5.91 Å².